The van der Waals surface area contributed by atoms with Crippen molar-refractivity contribution in [2.45, 2.75) is 292 Å². The van der Waals surface area contributed by atoms with Gasteiger partial charge < -0.3 is 129 Å². The summed E-state index contributed by atoms with van der Waals surface area (Å²) in [6.45, 7) is 17.1. The van der Waals surface area contributed by atoms with E-state index in [1.165, 1.54) is 34.6 Å². The molecular formula is C60H94O29. The first-order valence-electron chi connectivity index (χ1n) is 31.1. The Kier molecular flexibility index (Phi) is 19.0. The summed E-state index contributed by atoms with van der Waals surface area (Å²) in [6.07, 6.45) is -44.6. The van der Waals surface area contributed by atoms with Crippen molar-refractivity contribution in [1.29, 1.82) is 0 Å². The van der Waals surface area contributed by atoms with Crippen LogP contribution in [0.1, 0.15) is 121 Å². The molecular weight excluding hydrogens is 1180 g/mol. The first kappa shape index (κ1) is 69.1. The molecule has 29 nitrogen and oxygen atoms in total. The van der Waals surface area contributed by atoms with Gasteiger partial charge in [0.15, 0.2) is 37.4 Å². The number of hydrogen-bond acceptors (Lipinski definition) is 27. The van der Waals surface area contributed by atoms with Gasteiger partial charge in [0.1, 0.15) is 97.0 Å². The number of aliphatic carboxylic acids is 2. The van der Waals surface area contributed by atoms with Gasteiger partial charge in [-0.05, 0) is 125 Å². The van der Waals surface area contributed by atoms with Crippen molar-refractivity contribution in [3.8, 4) is 0 Å². The van der Waals surface area contributed by atoms with Crippen LogP contribution in [0.3, 0.4) is 0 Å². The molecule has 0 bridgehead atoms. The molecule has 5 aliphatic carbocycles. The van der Waals surface area contributed by atoms with E-state index in [9.17, 15) is 91.3 Å². The van der Waals surface area contributed by atoms with Gasteiger partial charge in [-0.1, -0.05) is 46.3 Å². The molecule has 10 rings (SSSR count). The van der Waals surface area contributed by atoms with Crippen molar-refractivity contribution in [3.05, 3.63) is 11.6 Å². The number of aliphatic hydroxyl groups excluding tert-OH is 14. The number of carboxylic acid groups (broad SMARTS) is 2. The Balaban J connectivity index is 0.964. The van der Waals surface area contributed by atoms with Gasteiger partial charge in [-0.2, -0.15) is 0 Å². The second-order valence-corrected chi connectivity index (χ2v) is 29.1. The van der Waals surface area contributed by atoms with Crippen molar-refractivity contribution in [2.75, 3.05) is 0 Å². The average molecular weight is 1280 g/mol. The van der Waals surface area contributed by atoms with Crippen LogP contribution < -0.4 is 0 Å². The summed E-state index contributed by atoms with van der Waals surface area (Å²) in [4.78, 5) is 42.4. The van der Waals surface area contributed by atoms with Crippen LogP contribution in [0, 0.1) is 50.2 Å². The van der Waals surface area contributed by atoms with E-state index in [1.54, 1.807) is 0 Å². The molecule has 4 saturated carbocycles. The lowest BCUT2D eigenvalue weighted by atomic mass is 9.33. The van der Waals surface area contributed by atoms with Crippen molar-refractivity contribution in [1.82, 2.24) is 0 Å². The lowest BCUT2D eigenvalue weighted by Crippen LogP contribution is -2.71. The quantitative estimate of drug-likeness (QED) is 0.0526. The Morgan fingerprint density at radius 3 is 1.51 bits per heavy atom. The summed E-state index contributed by atoms with van der Waals surface area (Å²) < 4.78 is 60.3. The number of ether oxygens (including phenoxy) is 10. The fraction of sp³-hybridized carbons (Fsp3) is 0.917. The summed E-state index contributed by atoms with van der Waals surface area (Å²) in [5, 5.41) is 178. The number of hydrogen-bond donors (Lipinski definition) is 16. The van der Waals surface area contributed by atoms with E-state index in [-0.39, 0.29) is 25.7 Å². The Labute approximate surface area is 514 Å². The molecule has 5 aliphatic heterocycles. The highest BCUT2D eigenvalue weighted by Gasteiger charge is 2.75. The van der Waals surface area contributed by atoms with Gasteiger partial charge in [-0.25, -0.2) is 4.79 Å². The average Bonchev–Trinajstić information content (AvgIpc) is 0.682. The summed E-state index contributed by atoms with van der Waals surface area (Å²) >= 11 is 0. The first-order chi connectivity index (χ1) is 41.3. The van der Waals surface area contributed by atoms with Gasteiger partial charge in [0.05, 0.1) is 42.0 Å². The van der Waals surface area contributed by atoms with Crippen molar-refractivity contribution >= 4 is 17.9 Å². The van der Waals surface area contributed by atoms with Crippen LogP contribution in [0.25, 0.3) is 0 Å². The van der Waals surface area contributed by atoms with Gasteiger partial charge in [-0.15, -0.1) is 0 Å². The van der Waals surface area contributed by atoms with Crippen LogP contribution in [0.2, 0.25) is 0 Å². The zero-order valence-corrected chi connectivity index (χ0v) is 51.6. The SMILES string of the molecule is C[C@@H]1O[C@@H](O[C@H]2[C@H](O[C@H]3[C@@H](O)C[C@@]4(C)[C@@H](CC[C@]5(C)[C@@H]4CC=C4[C@@H]6CC(C)(C)CC[C@]6(C(=O)O[C@@H]6O[C@H](C)[C@H](O)[C@H](O[C@@H]7O[C@@H](C)[C@H](O)[C@@H](O)[C@H]7O)[C@H]6O[C@@H]6O[C@H](C)[C@H](O)[C@@H](O)[C@H]6O)[C@H](O)C[C@]45C)[C@]3(C)C(=O)O)O[C@H](C(=O)O)[C@@H](O)[C@@H]2O)[C@H](O)[C@H](O)[C@H]1O. The number of carbonyl (C=O) groups excluding carboxylic acids is 1. The van der Waals surface area contributed by atoms with Crippen molar-refractivity contribution < 1.29 is 143 Å². The molecule has 0 amide bonds. The third kappa shape index (κ3) is 11.0. The summed E-state index contributed by atoms with van der Waals surface area (Å²) in [7, 11) is 0. The molecule has 0 spiro atoms. The van der Waals surface area contributed by atoms with Gasteiger partial charge in [-0.3, -0.25) is 9.59 Å². The number of rotatable bonds is 12. The minimum atomic E-state index is -2.18. The molecule has 0 aromatic carbocycles. The molecule has 5 heterocycles. The van der Waals surface area contributed by atoms with E-state index < -0.39 is 240 Å². The maximum Gasteiger partial charge on any atom is 0.335 e. The summed E-state index contributed by atoms with van der Waals surface area (Å²) in [5.41, 5.74) is -6.06. The molecule has 5 saturated heterocycles. The topological polar surface area (TPSA) is 467 Å². The largest absolute Gasteiger partial charge is 0.481 e. The molecule has 9 fully saturated rings. The number of aliphatic hydroxyl groups is 14. The van der Waals surface area contributed by atoms with Gasteiger partial charge in [0, 0.05) is 0 Å². The van der Waals surface area contributed by atoms with Crippen molar-refractivity contribution in [3.63, 3.8) is 0 Å². The molecule has 36 atom stereocenters. The molecule has 0 aromatic heterocycles. The van der Waals surface area contributed by atoms with Crippen LogP contribution in [0.4, 0.5) is 0 Å². The Hall–Kier alpha value is -2.77. The second kappa shape index (κ2) is 24.5. The predicted molar refractivity (Wildman–Crippen MR) is 295 cm³/mol. The predicted octanol–water partition coefficient (Wildman–Crippen LogP) is -3.00. The van der Waals surface area contributed by atoms with Crippen LogP contribution in [-0.4, -0.2) is 271 Å². The maximum absolute atomic E-state index is 15.8. The summed E-state index contributed by atoms with van der Waals surface area (Å²) in [5.74, 6) is -6.03. The number of allylic oxidation sites excluding steroid dienone is 2. The second-order valence-electron chi connectivity index (χ2n) is 29.1. The standard InChI is InChI=1S/C60H94O29/c1-20-30(63)34(67)39(72)48(80-20)84-42-33(66)23(4)83-52(45(42)87-50-41(74)36(69)32(65)22(3)82-50)89-54(79)60-16-15-55(5,6)17-25(60)24-11-12-27-56(7)18-26(61)46(59(10,53(77)78)28(56)13-14-57(27,8)58(24,9)19-29(60)62)88-51-44(38(71)37(70)43(85-51)47(75)76)86-49-40(73)35(68)31(64)21(2)81-49/h11,20-23,25-46,48-52,61-74H,12-19H2,1-10H3,(H,75,76)(H,77,78)/t20-,21-,22+,23+,25-,26-,27+,28+,29+,30-,31-,32-,33-,34+,35+,36+,37-,38-,39+,40+,41+,42-,43-,44+,45+,46-,48-,49-,50-,51-,52-,56+,57+,58+,59-,60+/m0/s1. The minimum Gasteiger partial charge on any atom is -0.481 e. The molecule has 16 N–H and O–H groups in total. The van der Waals surface area contributed by atoms with Crippen LogP contribution >= 0.6 is 0 Å². The van der Waals surface area contributed by atoms with E-state index >= 15 is 4.79 Å². The molecule has 89 heavy (non-hydrogen) atoms. The van der Waals surface area contributed by atoms with Crippen LogP contribution in [-0.2, 0) is 61.8 Å². The van der Waals surface area contributed by atoms with E-state index in [4.69, 9.17) is 47.4 Å². The number of fused-ring (bicyclic) bond motifs is 7. The maximum atomic E-state index is 15.8. The highest BCUT2D eigenvalue weighted by atomic mass is 16.8. The fourth-order valence-electron chi connectivity index (χ4n) is 17.9. The Bertz CT molecular complexity index is 2630. The van der Waals surface area contributed by atoms with E-state index in [1.807, 2.05) is 13.8 Å². The lowest BCUT2D eigenvalue weighted by molar-refractivity contribution is -0.384. The highest BCUT2D eigenvalue weighted by molar-refractivity contribution is 5.80. The number of esters is 1. The Morgan fingerprint density at radius 1 is 0.494 bits per heavy atom. The van der Waals surface area contributed by atoms with Gasteiger partial charge >= 0.3 is 17.9 Å². The van der Waals surface area contributed by atoms with E-state index in [2.05, 4.69) is 26.8 Å². The monoisotopic (exact) mass is 1280 g/mol. The smallest absolute Gasteiger partial charge is 0.335 e. The zero-order chi connectivity index (χ0) is 65.6. The Morgan fingerprint density at radius 2 is 0.989 bits per heavy atom. The molecule has 0 unspecified atom stereocenters. The van der Waals surface area contributed by atoms with E-state index in [0.717, 1.165) is 5.57 Å². The fourth-order valence-corrected chi connectivity index (χ4v) is 17.9. The van der Waals surface area contributed by atoms with Gasteiger partial charge in [0.25, 0.3) is 0 Å². The van der Waals surface area contributed by atoms with Crippen LogP contribution in [0.5, 0.6) is 0 Å². The minimum absolute atomic E-state index is 0.0214. The molecule has 508 valence electrons. The van der Waals surface area contributed by atoms with E-state index in [0.29, 0.717) is 25.7 Å². The van der Waals surface area contributed by atoms with Crippen LogP contribution in [0.15, 0.2) is 11.6 Å². The molecule has 0 radical (unpaired) electrons. The van der Waals surface area contributed by atoms with Crippen molar-refractivity contribution in [2.24, 2.45) is 50.2 Å². The third-order valence-electron chi connectivity index (χ3n) is 23.5. The number of carboxylic acids is 2. The molecule has 0 aromatic rings. The van der Waals surface area contributed by atoms with Gasteiger partial charge in [0.2, 0.25) is 6.29 Å². The third-order valence-corrected chi connectivity index (χ3v) is 23.5. The molecule has 10 aliphatic rings. The normalized spacial score (nSPS) is 55.7. The molecule has 29 heteroatoms. The first-order valence-corrected chi connectivity index (χ1v) is 31.1. The number of carbonyl (C=O) groups is 3. The highest BCUT2D eigenvalue weighted by Crippen LogP contribution is 2.76. The summed E-state index contributed by atoms with van der Waals surface area (Å²) in [6, 6.07) is 0. The lowest BCUT2D eigenvalue weighted by Gasteiger charge is -2.71. The zero-order valence-electron chi connectivity index (χ0n) is 51.6.